The van der Waals surface area contributed by atoms with Gasteiger partial charge in [-0.15, -0.1) is 0 Å². The summed E-state index contributed by atoms with van der Waals surface area (Å²) in [7, 11) is 1.72. The van der Waals surface area contributed by atoms with Crippen molar-refractivity contribution >= 4 is 11.9 Å². The zero-order valence-corrected chi connectivity index (χ0v) is 15.9. The number of primary amides is 1. The van der Waals surface area contributed by atoms with E-state index in [0.717, 1.165) is 18.5 Å². The smallest absolute Gasteiger partial charge is 0.222 e. The third-order valence-electron chi connectivity index (χ3n) is 5.58. The van der Waals surface area contributed by atoms with E-state index in [4.69, 9.17) is 5.73 Å². The molecular formula is C20H31FN4O. The van der Waals surface area contributed by atoms with E-state index in [1.165, 1.54) is 37.8 Å². The number of nitrogens with zero attached hydrogens (tertiary/aromatic N) is 1. The van der Waals surface area contributed by atoms with E-state index in [1.54, 1.807) is 19.2 Å². The van der Waals surface area contributed by atoms with Crippen molar-refractivity contribution in [3.8, 4) is 0 Å². The minimum Gasteiger partial charge on any atom is -0.369 e. The quantitative estimate of drug-likeness (QED) is 0.491. The highest BCUT2D eigenvalue weighted by Gasteiger charge is 2.32. The van der Waals surface area contributed by atoms with E-state index in [9.17, 15) is 9.18 Å². The molecule has 1 aromatic rings. The average Bonchev–Trinajstić information content (AvgIpc) is 3.11. The van der Waals surface area contributed by atoms with Crippen LogP contribution in [0.15, 0.2) is 29.3 Å². The number of aliphatic imine (C=N–C) groups is 1. The van der Waals surface area contributed by atoms with Gasteiger partial charge in [0, 0.05) is 20.1 Å². The Hall–Kier alpha value is -2.11. The van der Waals surface area contributed by atoms with Crippen LogP contribution < -0.4 is 16.4 Å². The lowest BCUT2D eigenvalue weighted by atomic mass is 9.83. The normalized spacial score (nSPS) is 17.7. The summed E-state index contributed by atoms with van der Waals surface area (Å²) in [4.78, 5) is 16.0. The highest BCUT2D eigenvalue weighted by molar-refractivity contribution is 5.81. The van der Waals surface area contributed by atoms with Crippen LogP contribution in [0.4, 0.5) is 4.39 Å². The number of nitrogens with one attached hydrogen (secondary N) is 2. The SMILES string of the molecule is CCC1(CNC(=NC)NCC(Cc2ccc(F)cc2)C(N)=O)CCCC1. The number of carbonyl (C=O) groups is 1. The summed E-state index contributed by atoms with van der Waals surface area (Å²) in [5, 5.41) is 6.62. The standard InChI is InChI=1S/C20H31FN4O/c1-3-20(10-4-5-11-20)14-25-19(23-2)24-13-16(18(22)26)12-15-6-8-17(21)9-7-15/h6-9,16H,3-5,10-14H2,1-2H3,(H2,22,26)(H2,23,24,25). The van der Waals surface area contributed by atoms with Crippen LogP contribution in [0.1, 0.15) is 44.6 Å². The Morgan fingerprint density at radius 1 is 1.27 bits per heavy atom. The molecule has 0 aliphatic heterocycles. The first-order chi connectivity index (χ1) is 12.5. The van der Waals surface area contributed by atoms with E-state index >= 15 is 0 Å². The second-order valence-electron chi connectivity index (χ2n) is 7.30. The summed E-state index contributed by atoms with van der Waals surface area (Å²) in [6.07, 6.45) is 6.72. The molecular weight excluding hydrogens is 331 g/mol. The van der Waals surface area contributed by atoms with Gasteiger partial charge in [-0.1, -0.05) is 31.9 Å². The van der Waals surface area contributed by atoms with Gasteiger partial charge in [0.05, 0.1) is 5.92 Å². The number of guanidine groups is 1. The fourth-order valence-corrected chi connectivity index (χ4v) is 3.67. The Morgan fingerprint density at radius 2 is 1.92 bits per heavy atom. The van der Waals surface area contributed by atoms with Gasteiger partial charge in [0.15, 0.2) is 5.96 Å². The van der Waals surface area contributed by atoms with Crippen LogP contribution in [-0.2, 0) is 11.2 Å². The molecule has 1 unspecified atom stereocenters. The summed E-state index contributed by atoms with van der Waals surface area (Å²) in [5.74, 6) is -0.359. The molecule has 0 radical (unpaired) electrons. The number of halogens is 1. The summed E-state index contributed by atoms with van der Waals surface area (Å²) in [5.41, 5.74) is 6.79. The van der Waals surface area contributed by atoms with Gasteiger partial charge in [-0.3, -0.25) is 9.79 Å². The molecule has 1 saturated carbocycles. The molecule has 26 heavy (non-hydrogen) atoms. The van der Waals surface area contributed by atoms with E-state index in [2.05, 4.69) is 22.5 Å². The van der Waals surface area contributed by atoms with Crippen LogP contribution in [0.5, 0.6) is 0 Å². The molecule has 1 amide bonds. The van der Waals surface area contributed by atoms with Gasteiger partial charge < -0.3 is 16.4 Å². The number of hydrogen-bond acceptors (Lipinski definition) is 2. The summed E-state index contributed by atoms with van der Waals surface area (Å²) in [6, 6.07) is 6.16. The number of hydrogen-bond donors (Lipinski definition) is 3. The van der Waals surface area contributed by atoms with Gasteiger partial charge in [0.25, 0.3) is 0 Å². The van der Waals surface area contributed by atoms with Crippen molar-refractivity contribution < 1.29 is 9.18 Å². The molecule has 0 spiro atoms. The number of benzene rings is 1. The molecule has 1 aliphatic carbocycles. The topological polar surface area (TPSA) is 79.5 Å². The van der Waals surface area contributed by atoms with Crippen molar-refractivity contribution in [2.24, 2.45) is 22.1 Å². The molecule has 0 aromatic heterocycles. The Labute approximate surface area is 155 Å². The van der Waals surface area contributed by atoms with E-state index in [1.807, 2.05) is 0 Å². The fourth-order valence-electron chi connectivity index (χ4n) is 3.67. The molecule has 2 rings (SSSR count). The molecule has 0 bridgehead atoms. The van der Waals surface area contributed by atoms with Crippen LogP contribution in [0.3, 0.4) is 0 Å². The molecule has 1 fully saturated rings. The number of amides is 1. The minimum atomic E-state index is -0.384. The Bertz CT molecular complexity index is 609. The maximum atomic E-state index is 13.0. The molecule has 4 N–H and O–H groups in total. The maximum Gasteiger partial charge on any atom is 0.222 e. The Kier molecular flexibility index (Phi) is 7.42. The molecule has 144 valence electrons. The van der Waals surface area contributed by atoms with Crippen molar-refractivity contribution in [2.45, 2.75) is 45.4 Å². The van der Waals surface area contributed by atoms with Crippen molar-refractivity contribution in [2.75, 3.05) is 20.1 Å². The van der Waals surface area contributed by atoms with Crippen molar-refractivity contribution in [1.82, 2.24) is 10.6 Å². The number of rotatable bonds is 8. The average molecular weight is 362 g/mol. The third-order valence-corrected chi connectivity index (χ3v) is 5.58. The number of carbonyl (C=O) groups excluding carboxylic acids is 1. The lowest BCUT2D eigenvalue weighted by Crippen LogP contribution is -2.46. The molecule has 1 aromatic carbocycles. The van der Waals surface area contributed by atoms with Crippen molar-refractivity contribution in [3.63, 3.8) is 0 Å². The monoisotopic (exact) mass is 362 g/mol. The predicted molar refractivity (Wildman–Crippen MR) is 103 cm³/mol. The second kappa shape index (κ2) is 9.55. The van der Waals surface area contributed by atoms with Gasteiger partial charge >= 0.3 is 0 Å². The molecule has 1 atom stereocenters. The van der Waals surface area contributed by atoms with Crippen LogP contribution in [0, 0.1) is 17.2 Å². The summed E-state index contributed by atoms with van der Waals surface area (Å²) >= 11 is 0. The van der Waals surface area contributed by atoms with Crippen molar-refractivity contribution in [3.05, 3.63) is 35.6 Å². The molecule has 0 heterocycles. The molecule has 0 saturated heterocycles. The first-order valence-electron chi connectivity index (χ1n) is 9.46. The minimum absolute atomic E-state index is 0.288. The van der Waals surface area contributed by atoms with Gasteiger partial charge in [0.1, 0.15) is 5.82 Å². The Morgan fingerprint density at radius 3 is 2.46 bits per heavy atom. The highest BCUT2D eigenvalue weighted by atomic mass is 19.1. The first kappa shape index (κ1) is 20.2. The van der Waals surface area contributed by atoms with Crippen molar-refractivity contribution in [1.29, 1.82) is 0 Å². The van der Waals surface area contributed by atoms with Gasteiger partial charge in [-0.25, -0.2) is 4.39 Å². The molecule has 6 heteroatoms. The maximum absolute atomic E-state index is 13.0. The van der Waals surface area contributed by atoms with Crippen LogP contribution in [-0.4, -0.2) is 32.0 Å². The lowest BCUT2D eigenvalue weighted by molar-refractivity contribution is -0.121. The Balaban J connectivity index is 1.87. The summed E-state index contributed by atoms with van der Waals surface area (Å²) < 4.78 is 13.0. The summed E-state index contributed by atoms with van der Waals surface area (Å²) in [6.45, 7) is 3.53. The van der Waals surface area contributed by atoms with Crippen LogP contribution >= 0.6 is 0 Å². The zero-order valence-electron chi connectivity index (χ0n) is 15.9. The van der Waals surface area contributed by atoms with Crippen LogP contribution in [0.2, 0.25) is 0 Å². The van der Waals surface area contributed by atoms with Gasteiger partial charge in [0.2, 0.25) is 5.91 Å². The van der Waals surface area contributed by atoms with E-state index in [0.29, 0.717) is 24.3 Å². The van der Waals surface area contributed by atoms with Gasteiger partial charge in [-0.05, 0) is 48.8 Å². The predicted octanol–water partition coefficient (Wildman–Crippen LogP) is 2.61. The second-order valence-corrected chi connectivity index (χ2v) is 7.30. The molecule has 1 aliphatic rings. The largest absolute Gasteiger partial charge is 0.369 e. The first-order valence-corrected chi connectivity index (χ1v) is 9.46. The number of nitrogens with two attached hydrogens (primary N) is 1. The lowest BCUT2D eigenvalue weighted by Gasteiger charge is -2.29. The van der Waals surface area contributed by atoms with Gasteiger partial charge in [-0.2, -0.15) is 0 Å². The highest BCUT2D eigenvalue weighted by Crippen LogP contribution is 2.40. The zero-order chi connectivity index (χ0) is 19.0. The fraction of sp³-hybridized carbons (Fsp3) is 0.600. The van der Waals surface area contributed by atoms with Crippen LogP contribution in [0.25, 0.3) is 0 Å². The van der Waals surface area contributed by atoms with E-state index < -0.39 is 0 Å². The third kappa shape index (κ3) is 5.71. The molecule has 5 nitrogen and oxygen atoms in total. The van der Waals surface area contributed by atoms with E-state index in [-0.39, 0.29) is 17.6 Å².